The molecule has 0 aromatic carbocycles. The molecule has 1 atom stereocenters. The zero-order chi connectivity index (χ0) is 11.8. The fraction of sp³-hybridized carbons (Fsp3) is 0.818. The number of amides is 1. The minimum absolute atomic E-state index is 0.0933. The highest BCUT2D eigenvalue weighted by atomic mass is 16.5. The molecule has 4 nitrogen and oxygen atoms in total. The first-order chi connectivity index (χ1) is 6.97. The first kappa shape index (κ1) is 13.9. The van der Waals surface area contributed by atoms with Crippen molar-refractivity contribution < 1.29 is 14.3 Å². The number of ether oxygens (including phenoxy) is 1. The van der Waals surface area contributed by atoms with Gasteiger partial charge >= 0.3 is 5.97 Å². The van der Waals surface area contributed by atoms with E-state index >= 15 is 0 Å². The van der Waals surface area contributed by atoms with Gasteiger partial charge in [0.2, 0.25) is 5.91 Å². The SMILES string of the molecule is CCOC(=O)C(C)NC(=O)CCC(C)C. The number of rotatable bonds is 6. The van der Waals surface area contributed by atoms with Gasteiger partial charge in [0.15, 0.2) is 0 Å². The minimum Gasteiger partial charge on any atom is -0.464 e. The quantitative estimate of drug-likeness (QED) is 0.683. The van der Waals surface area contributed by atoms with Gasteiger partial charge < -0.3 is 10.1 Å². The van der Waals surface area contributed by atoms with Crippen LogP contribution in [0.1, 0.15) is 40.5 Å². The molecule has 0 fully saturated rings. The summed E-state index contributed by atoms with van der Waals surface area (Å²) in [4.78, 5) is 22.5. The molecule has 0 bridgehead atoms. The Morgan fingerprint density at radius 2 is 1.87 bits per heavy atom. The molecule has 0 aliphatic rings. The molecule has 4 heteroatoms. The van der Waals surface area contributed by atoms with Gasteiger partial charge in [0.25, 0.3) is 0 Å². The van der Waals surface area contributed by atoms with Crippen LogP contribution in [-0.4, -0.2) is 24.5 Å². The molecule has 88 valence electrons. The van der Waals surface area contributed by atoms with E-state index in [0.717, 1.165) is 6.42 Å². The summed E-state index contributed by atoms with van der Waals surface area (Å²) < 4.78 is 4.78. The highest BCUT2D eigenvalue weighted by Gasteiger charge is 2.16. The monoisotopic (exact) mass is 215 g/mol. The van der Waals surface area contributed by atoms with Crippen molar-refractivity contribution in [2.45, 2.75) is 46.6 Å². The van der Waals surface area contributed by atoms with E-state index in [1.54, 1.807) is 13.8 Å². The molecule has 0 aliphatic carbocycles. The first-order valence-corrected chi connectivity index (χ1v) is 5.43. The zero-order valence-corrected chi connectivity index (χ0v) is 10.0. The van der Waals surface area contributed by atoms with E-state index in [9.17, 15) is 9.59 Å². The molecule has 0 spiro atoms. The Labute approximate surface area is 91.4 Å². The van der Waals surface area contributed by atoms with Crippen LogP contribution in [0.5, 0.6) is 0 Å². The van der Waals surface area contributed by atoms with Gasteiger partial charge in [0.05, 0.1) is 6.61 Å². The largest absolute Gasteiger partial charge is 0.464 e. The molecule has 0 saturated heterocycles. The zero-order valence-electron chi connectivity index (χ0n) is 10.0. The molecule has 0 radical (unpaired) electrons. The summed E-state index contributed by atoms with van der Waals surface area (Å²) in [6, 6.07) is -0.551. The molecular formula is C11H21NO3. The number of hydrogen-bond donors (Lipinski definition) is 1. The summed E-state index contributed by atoms with van der Waals surface area (Å²) in [5.41, 5.74) is 0. The molecule has 0 rings (SSSR count). The summed E-state index contributed by atoms with van der Waals surface area (Å²) >= 11 is 0. The standard InChI is InChI=1S/C11H21NO3/c1-5-15-11(14)9(4)12-10(13)7-6-8(2)3/h8-9H,5-7H2,1-4H3,(H,12,13). The number of carbonyl (C=O) groups is 2. The van der Waals surface area contributed by atoms with Crippen LogP contribution < -0.4 is 5.32 Å². The second-order valence-electron chi connectivity index (χ2n) is 3.97. The molecule has 15 heavy (non-hydrogen) atoms. The predicted molar refractivity (Wildman–Crippen MR) is 58.3 cm³/mol. The molecule has 0 saturated carbocycles. The van der Waals surface area contributed by atoms with Crippen molar-refractivity contribution >= 4 is 11.9 Å². The van der Waals surface area contributed by atoms with Gasteiger partial charge in [-0.3, -0.25) is 4.79 Å². The van der Waals surface area contributed by atoms with Crippen LogP contribution in [0, 0.1) is 5.92 Å². The van der Waals surface area contributed by atoms with Gasteiger partial charge in [-0.1, -0.05) is 13.8 Å². The second kappa shape index (κ2) is 7.26. The maximum atomic E-state index is 11.3. The van der Waals surface area contributed by atoms with Gasteiger partial charge in [-0.15, -0.1) is 0 Å². The molecule has 0 aliphatic heterocycles. The summed E-state index contributed by atoms with van der Waals surface area (Å²) in [5, 5.41) is 2.61. The second-order valence-corrected chi connectivity index (χ2v) is 3.97. The smallest absolute Gasteiger partial charge is 0.328 e. The van der Waals surface area contributed by atoms with Crippen molar-refractivity contribution in [1.29, 1.82) is 0 Å². The summed E-state index contributed by atoms with van der Waals surface area (Å²) in [6.07, 6.45) is 1.29. The Balaban J connectivity index is 3.80. The molecular weight excluding hydrogens is 194 g/mol. The molecule has 0 aromatic rings. The van der Waals surface area contributed by atoms with Crippen LogP contribution in [0.4, 0.5) is 0 Å². The Hall–Kier alpha value is -1.06. The lowest BCUT2D eigenvalue weighted by molar-refractivity contribution is -0.146. The van der Waals surface area contributed by atoms with E-state index in [4.69, 9.17) is 4.74 Å². The van der Waals surface area contributed by atoms with Crippen molar-refractivity contribution in [1.82, 2.24) is 5.32 Å². The summed E-state index contributed by atoms with van der Waals surface area (Å²) in [6.45, 7) is 7.83. The van der Waals surface area contributed by atoms with Gasteiger partial charge in [-0.05, 0) is 26.2 Å². The van der Waals surface area contributed by atoms with Crippen LogP contribution in [0.25, 0.3) is 0 Å². The Morgan fingerprint density at radius 1 is 1.27 bits per heavy atom. The summed E-state index contributed by atoms with van der Waals surface area (Å²) in [5.74, 6) is 0.0216. The fourth-order valence-electron chi connectivity index (χ4n) is 1.06. The van der Waals surface area contributed by atoms with Gasteiger partial charge in [0.1, 0.15) is 6.04 Å². The van der Waals surface area contributed by atoms with Crippen LogP contribution in [-0.2, 0) is 14.3 Å². The van der Waals surface area contributed by atoms with Crippen molar-refractivity contribution in [2.75, 3.05) is 6.61 Å². The van der Waals surface area contributed by atoms with Crippen molar-refractivity contribution in [3.8, 4) is 0 Å². The Morgan fingerprint density at radius 3 is 2.33 bits per heavy atom. The van der Waals surface area contributed by atoms with Crippen molar-refractivity contribution in [3.63, 3.8) is 0 Å². The number of carbonyl (C=O) groups excluding carboxylic acids is 2. The van der Waals surface area contributed by atoms with Crippen molar-refractivity contribution in [3.05, 3.63) is 0 Å². The minimum atomic E-state index is -0.551. The lowest BCUT2D eigenvalue weighted by Crippen LogP contribution is -2.39. The van der Waals surface area contributed by atoms with E-state index in [2.05, 4.69) is 19.2 Å². The number of hydrogen-bond acceptors (Lipinski definition) is 3. The normalized spacial score (nSPS) is 12.3. The fourth-order valence-corrected chi connectivity index (χ4v) is 1.06. The highest BCUT2D eigenvalue weighted by Crippen LogP contribution is 2.03. The number of nitrogens with one attached hydrogen (secondary N) is 1. The number of esters is 1. The van der Waals surface area contributed by atoms with Crippen LogP contribution >= 0.6 is 0 Å². The third-order valence-corrected chi connectivity index (χ3v) is 1.97. The van der Waals surface area contributed by atoms with Gasteiger partial charge in [0, 0.05) is 6.42 Å². The molecule has 1 unspecified atom stereocenters. The Kier molecular flexibility index (Phi) is 6.75. The average Bonchev–Trinajstić information content (AvgIpc) is 2.15. The lowest BCUT2D eigenvalue weighted by Gasteiger charge is -2.12. The third-order valence-electron chi connectivity index (χ3n) is 1.97. The van der Waals surface area contributed by atoms with E-state index in [1.807, 2.05) is 0 Å². The van der Waals surface area contributed by atoms with Crippen molar-refractivity contribution in [2.24, 2.45) is 5.92 Å². The maximum Gasteiger partial charge on any atom is 0.328 e. The van der Waals surface area contributed by atoms with Crippen LogP contribution in [0.15, 0.2) is 0 Å². The van der Waals surface area contributed by atoms with E-state index < -0.39 is 6.04 Å². The van der Waals surface area contributed by atoms with Crippen LogP contribution in [0.3, 0.4) is 0 Å². The third kappa shape index (κ3) is 6.94. The predicted octanol–water partition coefficient (Wildman–Crippen LogP) is 1.49. The topological polar surface area (TPSA) is 55.4 Å². The summed E-state index contributed by atoms with van der Waals surface area (Å²) in [7, 11) is 0. The molecule has 0 aromatic heterocycles. The van der Waals surface area contributed by atoms with Gasteiger partial charge in [-0.2, -0.15) is 0 Å². The van der Waals surface area contributed by atoms with Crippen LogP contribution in [0.2, 0.25) is 0 Å². The molecule has 1 amide bonds. The average molecular weight is 215 g/mol. The Bertz CT molecular complexity index is 214. The van der Waals surface area contributed by atoms with E-state index in [1.165, 1.54) is 0 Å². The highest BCUT2D eigenvalue weighted by molar-refractivity contribution is 5.84. The van der Waals surface area contributed by atoms with E-state index in [0.29, 0.717) is 18.9 Å². The molecule has 0 heterocycles. The maximum absolute atomic E-state index is 11.3. The van der Waals surface area contributed by atoms with E-state index in [-0.39, 0.29) is 11.9 Å². The molecule has 1 N–H and O–H groups in total. The lowest BCUT2D eigenvalue weighted by atomic mass is 10.1. The first-order valence-electron chi connectivity index (χ1n) is 5.43. The van der Waals surface area contributed by atoms with Gasteiger partial charge in [-0.25, -0.2) is 4.79 Å².